The van der Waals surface area contributed by atoms with Crippen LogP contribution in [0.4, 0.5) is 4.39 Å². The van der Waals surface area contributed by atoms with Gasteiger partial charge < -0.3 is 4.74 Å². The van der Waals surface area contributed by atoms with Crippen molar-refractivity contribution in [2.45, 2.75) is 6.42 Å². The molecule has 0 N–H and O–H groups in total. The van der Waals surface area contributed by atoms with Crippen molar-refractivity contribution < 1.29 is 9.13 Å². The summed E-state index contributed by atoms with van der Waals surface area (Å²) in [4.78, 5) is 4.42. The van der Waals surface area contributed by atoms with Gasteiger partial charge in [0.25, 0.3) is 0 Å². The maximum Gasteiger partial charge on any atom is 0.216 e. The number of fused-ring (bicyclic) bond motifs is 1. The zero-order valence-electron chi connectivity index (χ0n) is 10.4. The van der Waals surface area contributed by atoms with Gasteiger partial charge in [-0.15, -0.1) is 5.10 Å². The Morgan fingerprint density at radius 3 is 2.68 bits per heavy atom. The third kappa shape index (κ3) is 2.27. The second-order valence-corrected chi connectivity index (χ2v) is 4.17. The lowest BCUT2D eigenvalue weighted by molar-refractivity contribution is 0.385. The monoisotopic (exact) mass is 257 g/mol. The molecule has 0 atom stereocenters. The molecule has 0 spiro atoms. The Kier molecular flexibility index (Phi) is 2.87. The van der Waals surface area contributed by atoms with Crippen molar-refractivity contribution in [1.29, 1.82) is 0 Å². The van der Waals surface area contributed by atoms with Gasteiger partial charge in [-0.05, 0) is 23.8 Å². The highest BCUT2D eigenvalue weighted by molar-refractivity contribution is 5.41. The van der Waals surface area contributed by atoms with E-state index in [-0.39, 0.29) is 5.82 Å². The molecule has 0 bridgehead atoms. The van der Waals surface area contributed by atoms with E-state index in [0.717, 1.165) is 11.2 Å². The Bertz CT molecular complexity index is 706. The van der Waals surface area contributed by atoms with Crippen LogP contribution in [0, 0.1) is 5.82 Å². The summed E-state index contributed by atoms with van der Waals surface area (Å²) < 4.78 is 19.7. The van der Waals surface area contributed by atoms with Crippen LogP contribution >= 0.6 is 0 Å². The fourth-order valence-corrected chi connectivity index (χ4v) is 1.94. The summed E-state index contributed by atoms with van der Waals surface area (Å²) in [5.74, 6) is 1.07. The number of aromatic nitrogens is 3. The first kappa shape index (κ1) is 11.6. The van der Waals surface area contributed by atoms with Gasteiger partial charge in [0.2, 0.25) is 5.88 Å². The van der Waals surface area contributed by atoms with Crippen molar-refractivity contribution in [2.24, 2.45) is 0 Å². The lowest BCUT2D eigenvalue weighted by Crippen LogP contribution is -1.96. The van der Waals surface area contributed by atoms with Crippen LogP contribution in [0.3, 0.4) is 0 Å². The van der Waals surface area contributed by atoms with Crippen LogP contribution in [-0.4, -0.2) is 21.7 Å². The molecular weight excluding hydrogens is 245 g/mol. The molecule has 0 aliphatic rings. The summed E-state index contributed by atoms with van der Waals surface area (Å²) in [6.45, 7) is 0. The zero-order valence-corrected chi connectivity index (χ0v) is 10.4. The number of hydrogen-bond donors (Lipinski definition) is 0. The Hall–Kier alpha value is -2.43. The molecule has 0 amide bonds. The molecule has 0 unspecified atom stereocenters. The molecular formula is C14H12FN3O. The molecule has 0 aliphatic carbocycles. The molecule has 3 rings (SSSR count). The van der Waals surface area contributed by atoms with Crippen LogP contribution in [0.5, 0.6) is 5.88 Å². The molecule has 96 valence electrons. The van der Waals surface area contributed by atoms with Crippen molar-refractivity contribution >= 4 is 5.65 Å². The largest absolute Gasteiger partial charge is 0.481 e. The molecule has 1 aromatic carbocycles. The first-order chi connectivity index (χ1) is 9.26. The summed E-state index contributed by atoms with van der Waals surface area (Å²) in [6, 6.07) is 11.9. The van der Waals surface area contributed by atoms with Crippen LogP contribution < -0.4 is 4.74 Å². The van der Waals surface area contributed by atoms with Gasteiger partial charge in [-0.3, -0.25) is 0 Å². The van der Waals surface area contributed by atoms with E-state index >= 15 is 0 Å². The van der Waals surface area contributed by atoms with Crippen molar-refractivity contribution in [1.82, 2.24) is 14.6 Å². The SMILES string of the molecule is COc1cccc2nc(Cc3ccc(F)cc3)nn12. The summed E-state index contributed by atoms with van der Waals surface area (Å²) in [6.07, 6.45) is 0.561. The molecule has 0 fully saturated rings. The number of benzene rings is 1. The molecule has 5 heteroatoms. The normalized spacial score (nSPS) is 10.8. The molecule has 0 saturated carbocycles. The van der Waals surface area contributed by atoms with Gasteiger partial charge in [0.1, 0.15) is 5.82 Å². The minimum Gasteiger partial charge on any atom is -0.481 e. The van der Waals surface area contributed by atoms with E-state index in [2.05, 4.69) is 10.1 Å². The molecule has 0 saturated heterocycles. The molecule has 3 aromatic rings. The zero-order chi connectivity index (χ0) is 13.2. The quantitative estimate of drug-likeness (QED) is 0.723. The topological polar surface area (TPSA) is 39.4 Å². The molecule has 4 nitrogen and oxygen atoms in total. The van der Waals surface area contributed by atoms with Crippen molar-refractivity contribution in [3.8, 4) is 5.88 Å². The van der Waals surface area contributed by atoms with Crippen LogP contribution in [0.1, 0.15) is 11.4 Å². The van der Waals surface area contributed by atoms with Gasteiger partial charge in [-0.1, -0.05) is 18.2 Å². The molecule has 19 heavy (non-hydrogen) atoms. The summed E-state index contributed by atoms with van der Waals surface area (Å²) in [5, 5.41) is 4.39. The number of halogens is 1. The third-order valence-corrected chi connectivity index (χ3v) is 2.85. The fourth-order valence-electron chi connectivity index (χ4n) is 1.94. The Balaban J connectivity index is 1.95. The number of ether oxygens (including phenoxy) is 1. The highest BCUT2D eigenvalue weighted by Crippen LogP contribution is 2.14. The average molecular weight is 257 g/mol. The highest BCUT2D eigenvalue weighted by Gasteiger charge is 2.07. The molecule has 2 heterocycles. The first-order valence-electron chi connectivity index (χ1n) is 5.89. The van der Waals surface area contributed by atoms with Crippen molar-refractivity contribution in [3.63, 3.8) is 0 Å². The average Bonchev–Trinajstić information content (AvgIpc) is 2.83. The smallest absolute Gasteiger partial charge is 0.216 e. The molecule has 2 aromatic heterocycles. The van der Waals surface area contributed by atoms with E-state index in [1.807, 2.05) is 18.2 Å². The molecule has 0 aliphatic heterocycles. The standard InChI is InChI=1S/C14H12FN3O/c1-19-14-4-2-3-13-16-12(17-18(13)14)9-10-5-7-11(15)8-6-10/h2-8H,9H2,1H3. The van der Waals surface area contributed by atoms with Crippen LogP contribution in [0.25, 0.3) is 5.65 Å². The number of rotatable bonds is 3. The van der Waals surface area contributed by atoms with Gasteiger partial charge in [-0.2, -0.15) is 4.52 Å². The lowest BCUT2D eigenvalue weighted by atomic mass is 10.1. The minimum absolute atomic E-state index is 0.242. The van der Waals surface area contributed by atoms with Crippen LogP contribution in [0.15, 0.2) is 42.5 Å². The fraction of sp³-hybridized carbons (Fsp3) is 0.143. The Morgan fingerprint density at radius 2 is 1.95 bits per heavy atom. The Labute approximate surface area is 109 Å². The predicted molar refractivity (Wildman–Crippen MR) is 68.7 cm³/mol. The summed E-state index contributed by atoms with van der Waals surface area (Å²) >= 11 is 0. The first-order valence-corrected chi connectivity index (χ1v) is 5.89. The van der Waals surface area contributed by atoms with E-state index in [9.17, 15) is 4.39 Å². The summed E-state index contributed by atoms with van der Waals surface area (Å²) in [5.41, 5.74) is 1.70. The van der Waals surface area contributed by atoms with Gasteiger partial charge in [0.15, 0.2) is 11.5 Å². The minimum atomic E-state index is -0.242. The van der Waals surface area contributed by atoms with Gasteiger partial charge >= 0.3 is 0 Å². The number of pyridine rings is 1. The van der Waals surface area contributed by atoms with E-state index in [1.54, 1.807) is 23.8 Å². The van der Waals surface area contributed by atoms with Crippen molar-refractivity contribution in [3.05, 3.63) is 59.7 Å². The van der Waals surface area contributed by atoms with E-state index in [4.69, 9.17) is 4.74 Å². The number of nitrogens with zero attached hydrogens (tertiary/aromatic N) is 3. The number of hydrogen-bond acceptors (Lipinski definition) is 3. The highest BCUT2D eigenvalue weighted by atomic mass is 19.1. The van der Waals surface area contributed by atoms with Crippen LogP contribution in [0.2, 0.25) is 0 Å². The van der Waals surface area contributed by atoms with E-state index < -0.39 is 0 Å². The maximum absolute atomic E-state index is 12.8. The van der Waals surface area contributed by atoms with Crippen molar-refractivity contribution in [2.75, 3.05) is 7.11 Å². The number of methoxy groups -OCH3 is 1. The second-order valence-electron chi connectivity index (χ2n) is 4.17. The van der Waals surface area contributed by atoms with E-state index in [1.165, 1.54) is 12.1 Å². The van der Waals surface area contributed by atoms with Gasteiger partial charge in [0, 0.05) is 12.5 Å². The van der Waals surface area contributed by atoms with E-state index in [0.29, 0.717) is 18.1 Å². The summed E-state index contributed by atoms with van der Waals surface area (Å²) in [7, 11) is 1.59. The van der Waals surface area contributed by atoms with Crippen LogP contribution in [-0.2, 0) is 6.42 Å². The molecule has 0 radical (unpaired) electrons. The predicted octanol–water partition coefficient (Wildman–Crippen LogP) is 2.47. The van der Waals surface area contributed by atoms with Gasteiger partial charge in [0.05, 0.1) is 7.11 Å². The third-order valence-electron chi connectivity index (χ3n) is 2.85. The maximum atomic E-state index is 12.8. The second kappa shape index (κ2) is 4.68. The Morgan fingerprint density at radius 1 is 1.16 bits per heavy atom. The van der Waals surface area contributed by atoms with Gasteiger partial charge in [-0.25, -0.2) is 9.37 Å². The lowest BCUT2D eigenvalue weighted by Gasteiger charge is -2.00.